The molecule has 0 spiro atoms. The number of nitrogens with zero attached hydrogens (tertiary/aromatic N) is 1. The molecule has 0 amide bonds. The van der Waals surface area contributed by atoms with E-state index in [1.807, 2.05) is 5.10 Å². The van der Waals surface area contributed by atoms with Gasteiger partial charge in [0.05, 0.1) is 6.20 Å². The number of halogens is 1. The lowest BCUT2D eigenvalue weighted by molar-refractivity contribution is 0.550. The Bertz CT molecular complexity index is 196. The fourth-order valence-electron chi connectivity index (χ4n) is 0.342. The number of hydrogen-bond donors (Lipinski definition) is 1. The summed E-state index contributed by atoms with van der Waals surface area (Å²) in [6.45, 7) is 0. The number of carbonyl (C=O) groups excluding carboxylic acids is 1. The van der Waals surface area contributed by atoms with Crippen LogP contribution in [0.3, 0.4) is 0 Å². The molecular formula is C4H2FN2O. The van der Waals surface area contributed by atoms with Crippen molar-refractivity contribution >= 4 is 6.29 Å². The van der Waals surface area contributed by atoms with Crippen LogP contribution in [0.15, 0.2) is 6.20 Å². The zero-order valence-electron chi connectivity index (χ0n) is 3.81. The molecule has 0 fully saturated rings. The molecule has 0 unspecified atom stereocenters. The van der Waals surface area contributed by atoms with Crippen molar-refractivity contribution < 1.29 is 9.18 Å². The number of hydrogen-bond acceptors (Lipinski definition) is 2. The van der Waals surface area contributed by atoms with Crippen LogP contribution >= 0.6 is 0 Å². The lowest BCUT2D eigenvalue weighted by Crippen LogP contribution is -1.79. The molecule has 1 heterocycles. The molecule has 1 aromatic rings. The molecule has 0 aliphatic rings. The number of nitrogens with one attached hydrogen (secondary N) is 1. The molecule has 0 saturated carbocycles. The van der Waals surface area contributed by atoms with E-state index in [-0.39, 0.29) is 5.56 Å². The average molecular weight is 113 g/mol. The first-order valence-electron chi connectivity index (χ1n) is 1.91. The Morgan fingerprint density at radius 1 is 1.88 bits per heavy atom. The Labute approximate surface area is 44.5 Å². The zero-order chi connectivity index (χ0) is 5.98. The van der Waals surface area contributed by atoms with E-state index in [2.05, 4.69) is 5.10 Å². The Morgan fingerprint density at radius 3 is 2.88 bits per heavy atom. The van der Waals surface area contributed by atoms with Gasteiger partial charge in [0.2, 0.25) is 12.2 Å². The van der Waals surface area contributed by atoms with Gasteiger partial charge in [0, 0.05) is 0 Å². The monoisotopic (exact) mass is 113 g/mol. The summed E-state index contributed by atoms with van der Waals surface area (Å²) in [5, 5.41) is 5.17. The van der Waals surface area contributed by atoms with E-state index < -0.39 is 5.95 Å². The van der Waals surface area contributed by atoms with Gasteiger partial charge in [0.1, 0.15) is 5.56 Å². The molecule has 0 aromatic carbocycles. The highest BCUT2D eigenvalue weighted by Crippen LogP contribution is 1.94. The number of H-pyrrole nitrogens is 1. The predicted molar refractivity (Wildman–Crippen MR) is 23.3 cm³/mol. The summed E-state index contributed by atoms with van der Waals surface area (Å²) in [6.07, 6.45) is 2.43. The lowest BCUT2D eigenvalue weighted by Gasteiger charge is -1.71. The molecule has 4 heteroatoms. The SMILES string of the molecule is O=[C]c1cn[nH]c1F. The Kier molecular flexibility index (Phi) is 1.07. The fraction of sp³-hybridized carbons (Fsp3) is 0. The van der Waals surface area contributed by atoms with Crippen molar-refractivity contribution in [1.82, 2.24) is 10.2 Å². The third kappa shape index (κ3) is 0.598. The average Bonchev–Trinajstić information content (AvgIpc) is 2.14. The molecule has 8 heavy (non-hydrogen) atoms. The maximum absolute atomic E-state index is 12.0. The van der Waals surface area contributed by atoms with Gasteiger partial charge in [-0.25, -0.2) is 0 Å². The maximum atomic E-state index is 12.0. The summed E-state index contributed by atoms with van der Waals surface area (Å²) in [6, 6.07) is 0. The first kappa shape index (κ1) is 4.96. The molecule has 1 rings (SSSR count). The van der Waals surface area contributed by atoms with Gasteiger partial charge < -0.3 is 0 Å². The molecule has 0 aliphatic heterocycles. The molecule has 3 nitrogen and oxygen atoms in total. The van der Waals surface area contributed by atoms with Gasteiger partial charge in [-0.15, -0.1) is 0 Å². The van der Waals surface area contributed by atoms with Gasteiger partial charge in [-0.1, -0.05) is 0 Å². The first-order valence-corrected chi connectivity index (χ1v) is 1.91. The van der Waals surface area contributed by atoms with E-state index in [9.17, 15) is 9.18 Å². The molecule has 0 bridgehead atoms. The van der Waals surface area contributed by atoms with Crippen LogP contribution in [0.2, 0.25) is 0 Å². The van der Waals surface area contributed by atoms with E-state index in [4.69, 9.17) is 0 Å². The van der Waals surface area contributed by atoms with Gasteiger partial charge in [0.15, 0.2) is 0 Å². The first-order chi connectivity index (χ1) is 3.84. The van der Waals surface area contributed by atoms with Gasteiger partial charge in [0.25, 0.3) is 0 Å². The van der Waals surface area contributed by atoms with E-state index in [1.165, 1.54) is 6.29 Å². The van der Waals surface area contributed by atoms with Crippen molar-refractivity contribution in [3.05, 3.63) is 17.7 Å². The second-order valence-corrected chi connectivity index (χ2v) is 1.20. The smallest absolute Gasteiger partial charge is 0.239 e. The molecular weight excluding hydrogens is 111 g/mol. The second kappa shape index (κ2) is 1.73. The van der Waals surface area contributed by atoms with Crippen LogP contribution in [0.4, 0.5) is 4.39 Å². The summed E-state index contributed by atoms with van der Waals surface area (Å²) in [7, 11) is 0. The van der Waals surface area contributed by atoms with Gasteiger partial charge in [-0.05, 0) is 0 Å². The highest BCUT2D eigenvalue weighted by Gasteiger charge is 2.00. The molecule has 41 valence electrons. The quantitative estimate of drug-likeness (QED) is 0.557. The largest absolute Gasteiger partial charge is 0.285 e. The minimum atomic E-state index is -0.736. The van der Waals surface area contributed by atoms with Crippen LogP contribution in [-0.2, 0) is 4.79 Å². The number of aromatic amines is 1. The minimum absolute atomic E-state index is 0.162. The van der Waals surface area contributed by atoms with Gasteiger partial charge in [-0.2, -0.15) is 9.49 Å². The van der Waals surface area contributed by atoms with E-state index in [0.717, 1.165) is 6.20 Å². The predicted octanol–water partition coefficient (Wildman–Crippen LogP) is 0.00660. The Balaban J connectivity index is 3.09. The second-order valence-electron chi connectivity index (χ2n) is 1.20. The summed E-state index contributed by atoms with van der Waals surface area (Å²) >= 11 is 0. The molecule has 0 saturated heterocycles. The van der Waals surface area contributed by atoms with Gasteiger partial charge in [-0.3, -0.25) is 9.89 Å². The van der Waals surface area contributed by atoms with Gasteiger partial charge >= 0.3 is 0 Å². The highest BCUT2D eigenvalue weighted by molar-refractivity contribution is 5.74. The van der Waals surface area contributed by atoms with Crippen LogP contribution in [0.25, 0.3) is 0 Å². The molecule has 0 atom stereocenters. The molecule has 1 aromatic heterocycles. The number of aromatic nitrogens is 2. The summed E-state index contributed by atoms with van der Waals surface area (Å²) in [5.41, 5.74) is -0.162. The lowest BCUT2D eigenvalue weighted by atomic mass is 10.4. The van der Waals surface area contributed by atoms with Crippen molar-refractivity contribution in [1.29, 1.82) is 0 Å². The van der Waals surface area contributed by atoms with Crippen LogP contribution in [0.1, 0.15) is 5.56 Å². The minimum Gasteiger partial charge on any atom is -0.285 e. The zero-order valence-corrected chi connectivity index (χ0v) is 3.81. The molecule has 0 aliphatic carbocycles. The third-order valence-electron chi connectivity index (χ3n) is 0.703. The van der Waals surface area contributed by atoms with E-state index in [0.29, 0.717) is 0 Å². The van der Waals surface area contributed by atoms with Crippen LogP contribution < -0.4 is 0 Å². The normalized spacial score (nSPS) is 9.12. The van der Waals surface area contributed by atoms with E-state index in [1.54, 1.807) is 0 Å². The highest BCUT2D eigenvalue weighted by atomic mass is 19.1. The van der Waals surface area contributed by atoms with Crippen molar-refractivity contribution in [3.8, 4) is 0 Å². The van der Waals surface area contributed by atoms with Crippen LogP contribution in [0.5, 0.6) is 0 Å². The van der Waals surface area contributed by atoms with Crippen LogP contribution in [0, 0.1) is 5.95 Å². The summed E-state index contributed by atoms with van der Waals surface area (Å²) in [5.74, 6) is -0.736. The van der Waals surface area contributed by atoms with Crippen molar-refractivity contribution in [2.75, 3.05) is 0 Å². The maximum Gasteiger partial charge on any atom is 0.239 e. The third-order valence-corrected chi connectivity index (χ3v) is 0.703. The number of rotatable bonds is 1. The van der Waals surface area contributed by atoms with Crippen LogP contribution in [-0.4, -0.2) is 16.5 Å². The fourth-order valence-corrected chi connectivity index (χ4v) is 0.342. The topological polar surface area (TPSA) is 45.8 Å². The van der Waals surface area contributed by atoms with Crippen molar-refractivity contribution in [2.24, 2.45) is 0 Å². The van der Waals surface area contributed by atoms with E-state index >= 15 is 0 Å². The summed E-state index contributed by atoms with van der Waals surface area (Å²) in [4.78, 5) is 9.66. The summed E-state index contributed by atoms with van der Waals surface area (Å²) < 4.78 is 12.0. The molecule has 1 radical (unpaired) electrons. The standard InChI is InChI=1S/C4H2FN2O/c5-4-3(2-8)1-6-7-4/h1H,(H,6,7). The molecule has 1 N–H and O–H groups in total. The van der Waals surface area contributed by atoms with Crippen molar-refractivity contribution in [3.63, 3.8) is 0 Å². The Morgan fingerprint density at radius 2 is 2.62 bits per heavy atom. The van der Waals surface area contributed by atoms with Crippen molar-refractivity contribution in [2.45, 2.75) is 0 Å². The Hall–Kier alpha value is -1.19.